The summed E-state index contributed by atoms with van der Waals surface area (Å²) in [6.45, 7) is 13.5. The Bertz CT molecular complexity index is 1780. The highest BCUT2D eigenvalue weighted by molar-refractivity contribution is 5.92. The number of likely N-dealkylation sites (tertiary alicyclic amines) is 1. The van der Waals surface area contributed by atoms with E-state index in [1.54, 1.807) is 31.2 Å². The van der Waals surface area contributed by atoms with Crippen LogP contribution < -0.4 is 14.9 Å². The lowest BCUT2D eigenvalue weighted by molar-refractivity contribution is -0.154. The minimum atomic E-state index is -5.04. The van der Waals surface area contributed by atoms with Crippen LogP contribution in [0.15, 0.2) is 63.8 Å². The van der Waals surface area contributed by atoms with Gasteiger partial charge in [0.25, 0.3) is 5.76 Å². The summed E-state index contributed by atoms with van der Waals surface area (Å²) < 4.78 is 60.4. The Kier molecular flexibility index (Phi) is 8.86. The Morgan fingerprint density at radius 3 is 2.22 bits per heavy atom. The molecule has 45 heavy (non-hydrogen) atoms. The fourth-order valence-corrected chi connectivity index (χ4v) is 5.41. The molecule has 1 fully saturated rings. The highest BCUT2D eigenvalue weighted by Crippen LogP contribution is 2.41. The van der Waals surface area contributed by atoms with Gasteiger partial charge >= 0.3 is 12.1 Å². The number of aryl methyl sites for hydroxylation is 2. The fourth-order valence-electron chi connectivity index (χ4n) is 5.41. The van der Waals surface area contributed by atoms with Crippen molar-refractivity contribution >= 4 is 16.9 Å². The third kappa shape index (κ3) is 7.09. The Labute approximate surface area is 260 Å². The lowest BCUT2D eigenvalue weighted by Crippen LogP contribution is -2.32. The summed E-state index contributed by atoms with van der Waals surface area (Å²) in [6.07, 6.45) is -3.22. The molecule has 0 atom stereocenters. The predicted octanol–water partition coefficient (Wildman–Crippen LogP) is 8.97. The van der Waals surface area contributed by atoms with E-state index in [9.17, 15) is 22.8 Å². The van der Waals surface area contributed by atoms with Crippen LogP contribution in [0, 0.1) is 19.8 Å². The van der Waals surface area contributed by atoms with Crippen molar-refractivity contribution in [3.8, 4) is 17.2 Å². The highest BCUT2D eigenvalue weighted by Gasteiger charge is 2.41. The van der Waals surface area contributed by atoms with Crippen molar-refractivity contribution in [1.29, 1.82) is 0 Å². The molecule has 1 aliphatic rings. The predicted molar refractivity (Wildman–Crippen MR) is 167 cm³/mol. The van der Waals surface area contributed by atoms with Gasteiger partial charge in [-0.2, -0.15) is 13.2 Å². The number of ether oxygens (including phenoxy) is 2. The number of halogens is 3. The van der Waals surface area contributed by atoms with Crippen molar-refractivity contribution in [2.75, 3.05) is 13.1 Å². The molecule has 3 aromatic carbocycles. The van der Waals surface area contributed by atoms with E-state index >= 15 is 0 Å². The van der Waals surface area contributed by atoms with E-state index in [-0.39, 0.29) is 45.6 Å². The van der Waals surface area contributed by atoms with Crippen LogP contribution in [0.5, 0.6) is 17.2 Å². The summed E-state index contributed by atoms with van der Waals surface area (Å²) in [6, 6.07) is 14.6. The normalized spacial score (nSPS) is 15.0. The quantitative estimate of drug-likeness (QED) is 0.158. The van der Waals surface area contributed by atoms with Crippen molar-refractivity contribution in [3.05, 3.63) is 98.4 Å². The van der Waals surface area contributed by atoms with E-state index in [1.807, 2.05) is 19.1 Å². The number of piperidine rings is 1. The number of carbonyl (C=O) groups excluding carboxylic acids is 1. The van der Waals surface area contributed by atoms with Crippen LogP contribution in [0.25, 0.3) is 11.0 Å². The summed E-state index contributed by atoms with van der Waals surface area (Å²) in [5, 5.41) is -0.100. The van der Waals surface area contributed by atoms with E-state index in [0.717, 1.165) is 29.5 Å². The molecule has 2 heterocycles. The maximum absolute atomic E-state index is 14.5. The van der Waals surface area contributed by atoms with Crippen LogP contribution in [-0.4, -0.2) is 24.0 Å². The monoisotopic (exact) mass is 621 g/mol. The van der Waals surface area contributed by atoms with Gasteiger partial charge in [-0.3, -0.25) is 9.69 Å². The van der Waals surface area contributed by atoms with Crippen LogP contribution in [0.1, 0.15) is 78.9 Å². The number of fused-ring (bicyclic) bond motifs is 1. The topological polar surface area (TPSA) is 69.0 Å². The van der Waals surface area contributed by atoms with Crippen molar-refractivity contribution in [1.82, 2.24) is 4.90 Å². The third-order valence-electron chi connectivity index (χ3n) is 8.48. The van der Waals surface area contributed by atoms with Gasteiger partial charge in [-0.15, -0.1) is 0 Å². The van der Waals surface area contributed by atoms with Gasteiger partial charge < -0.3 is 13.9 Å². The average Bonchev–Trinajstić information content (AvgIpc) is 2.97. The van der Waals surface area contributed by atoms with E-state index < -0.39 is 29.1 Å². The number of esters is 1. The van der Waals surface area contributed by atoms with Crippen LogP contribution >= 0.6 is 0 Å². The van der Waals surface area contributed by atoms with E-state index in [1.165, 1.54) is 18.2 Å². The molecular weight excluding hydrogens is 583 g/mol. The number of nitrogens with zero attached hydrogens (tertiary/aromatic N) is 1. The number of carbonyl (C=O) groups is 1. The van der Waals surface area contributed by atoms with Gasteiger partial charge in [0.2, 0.25) is 11.2 Å². The Morgan fingerprint density at radius 1 is 0.956 bits per heavy atom. The number of hydrogen-bond donors (Lipinski definition) is 0. The van der Waals surface area contributed by atoms with E-state index in [0.29, 0.717) is 19.0 Å². The number of benzene rings is 3. The zero-order valence-electron chi connectivity index (χ0n) is 26.4. The van der Waals surface area contributed by atoms with Gasteiger partial charge in [0.15, 0.2) is 0 Å². The molecule has 4 aromatic rings. The van der Waals surface area contributed by atoms with Gasteiger partial charge in [0.1, 0.15) is 17.1 Å². The van der Waals surface area contributed by atoms with Crippen LogP contribution in [0.4, 0.5) is 13.2 Å². The zero-order valence-corrected chi connectivity index (χ0v) is 26.4. The van der Waals surface area contributed by atoms with Crippen LogP contribution in [-0.2, 0) is 18.1 Å². The van der Waals surface area contributed by atoms with Gasteiger partial charge in [0.05, 0.1) is 16.5 Å². The second kappa shape index (κ2) is 12.4. The molecule has 0 amide bonds. The van der Waals surface area contributed by atoms with Crippen molar-refractivity contribution in [2.45, 2.75) is 72.5 Å². The van der Waals surface area contributed by atoms with E-state index in [4.69, 9.17) is 13.9 Å². The maximum Gasteiger partial charge on any atom is 0.453 e. The third-order valence-corrected chi connectivity index (χ3v) is 8.48. The minimum absolute atomic E-state index is 0.0325. The molecule has 1 aromatic heterocycles. The van der Waals surface area contributed by atoms with Crippen LogP contribution in [0.3, 0.4) is 0 Å². The molecule has 1 aliphatic heterocycles. The molecule has 0 unspecified atom stereocenters. The molecule has 1 saturated heterocycles. The van der Waals surface area contributed by atoms with Crippen LogP contribution in [0.2, 0.25) is 0 Å². The van der Waals surface area contributed by atoms with Gasteiger partial charge in [-0.25, -0.2) is 4.79 Å². The first kappa shape index (κ1) is 32.3. The van der Waals surface area contributed by atoms with Gasteiger partial charge in [-0.05, 0) is 104 Å². The van der Waals surface area contributed by atoms with Gasteiger partial charge in [-0.1, -0.05) is 45.9 Å². The summed E-state index contributed by atoms with van der Waals surface area (Å²) in [5.41, 5.74) is 1.87. The number of alkyl halides is 3. The number of rotatable bonds is 6. The van der Waals surface area contributed by atoms with Crippen molar-refractivity contribution < 1.29 is 31.9 Å². The first-order chi connectivity index (χ1) is 21.1. The molecule has 0 aliphatic carbocycles. The maximum atomic E-state index is 14.5. The molecule has 0 bridgehead atoms. The molecule has 6 nitrogen and oxygen atoms in total. The Balaban J connectivity index is 1.62. The zero-order chi connectivity index (χ0) is 32.7. The largest absolute Gasteiger partial charge is 0.453 e. The van der Waals surface area contributed by atoms with Crippen molar-refractivity contribution in [3.63, 3.8) is 0 Å². The summed E-state index contributed by atoms with van der Waals surface area (Å²) >= 11 is 0. The molecule has 0 spiro atoms. The van der Waals surface area contributed by atoms with Gasteiger partial charge in [0, 0.05) is 6.54 Å². The number of hydrogen-bond acceptors (Lipinski definition) is 6. The van der Waals surface area contributed by atoms with E-state index in [2.05, 4.69) is 32.6 Å². The lowest BCUT2D eigenvalue weighted by Gasteiger charge is -2.30. The first-order valence-electron chi connectivity index (χ1n) is 15.1. The molecular formula is C36H38F3NO5. The Morgan fingerprint density at radius 2 is 1.62 bits per heavy atom. The minimum Gasteiger partial charge on any atom is -0.449 e. The summed E-state index contributed by atoms with van der Waals surface area (Å²) in [5.74, 6) is -2.53. The average molecular weight is 622 g/mol. The lowest BCUT2D eigenvalue weighted by atomic mass is 9.87. The molecule has 9 heteroatoms. The molecule has 238 valence electrons. The standard InChI is InChI=1S/C36H38F3NO5/c1-21-15-17-40(18-16-21)20-28-29(44-34(42)24-8-10-25(11-9-24)35(4,5)6)14-13-27-30(41)32(33(36(37,38)39)45-31(27)28)43-26-12-7-22(2)23(3)19-26/h7-14,19,21H,15-18,20H2,1-6H3. The molecule has 0 saturated carbocycles. The van der Waals surface area contributed by atoms with Crippen molar-refractivity contribution in [2.24, 2.45) is 5.92 Å². The summed E-state index contributed by atoms with van der Waals surface area (Å²) in [7, 11) is 0. The highest BCUT2D eigenvalue weighted by atomic mass is 19.4. The summed E-state index contributed by atoms with van der Waals surface area (Å²) in [4.78, 5) is 29.0. The second-order valence-corrected chi connectivity index (χ2v) is 13.0. The molecule has 0 N–H and O–H groups in total. The smallest absolute Gasteiger partial charge is 0.449 e. The SMILES string of the molecule is Cc1ccc(Oc2c(C(F)(F)F)oc3c(CN4CCC(C)CC4)c(OC(=O)c4ccc(C(C)(C)C)cc4)ccc3c2=O)cc1C. The molecule has 0 radical (unpaired) electrons. The first-order valence-corrected chi connectivity index (χ1v) is 15.1. The second-order valence-electron chi connectivity index (χ2n) is 13.0. The fraction of sp³-hybridized carbons (Fsp3) is 0.389. The molecule has 5 rings (SSSR count). The Hall–Kier alpha value is -4.11.